The van der Waals surface area contributed by atoms with E-state index in [-0.39, 0.29) is 4.90 Å². The monoisotopic (exact) mass is 317 g/mol. The van der Waals surface area contributed by atoms with E-state index in [0.717, 1.165) is 25.3 Å². The molecule has 1 saturated heterocycles. The molecule has 1 atom stereocenters. The maximum Gasteiger partial charge on any atom is 0.241 e. The van der Waals surface area contributed by atoms with Crippen molar-refractivity contribution < 1.29 is 8.42 Å². The van der Waals surface area contributed by atoms with E-state index in [0.29, 0.717) is 5.92 Å². The third-order valence-electron chi connectivity index (χ3n) is 4.08. The predicted octanol–water partition coefficient (Wildman–Crippen LogP) is 1.98. The van der Waals surface area contributed by atoms with Crippen LogP contribution in [0, 0.1) is 0 Å². The third-order valence-corrected chi connectivity index (χ3v) is 5.48. The Labute approximate surface area is 131 Å². The van der Waals surface area contributed by atoms with Crippen LogP contribution in [0.1, 0.15) is 17.9 Å². The zero-order chi connectivity index (χ0) is 15.6. The van der Waals surface area contributed by atoms with Crippen molar-refractivity contribution in [1.29, 1.82) is 0 Å². The molecule has 5 nitrogen and oxygen atoms in total. The molecule has 0 spiro atoms. The lowest BCUT2D eigenvalue weighted by molar-refractivity contribution is 0.588. The van der Waals surface area contributed by atoms with Gasteiger partial charge >= 0.3 is 0 Å². The van der Waals surface area contributed by atoms with Gasteiger partial charge in [-0.1, -0.05) is 30.3 Å². The number of nitrogens with zero attached hydrogens (tertiary/aromatic N) is 2. The largest absolute Gasteiger partial charge is 0.356 e. The van der Waals surface area contributed by atoms with Crippen molar-refractivity contribution in [2.24, 2.45) is 0 Å². The summed E-state index contributed by atoms with van der Waals surface area (Å²) in [6.45, 7) is 1.85. The maximum atomic E-state index is 11.7. The molecule has 1 N–H and O–H groups in total. The maximum absolute atomic E-state index is 11.7. The van der Waals surface area contributed by atoms with Gasteiger partial charge in [-0.15, -0.1) is 0 Å². The molecule has 1 unspecified atom stereocenters. The van der Waals surface area contributed by atoms with Gasteiger partial charge in [-0.2, -0.15) is 0 Å². The molecule has 1 fully saturated rings. The second-order valence-corrected chi connectivity index (χ2v) is 7.29. The van der Waals surface area contributed by atoms with E-state index < -0.39 is 10.0 Å². The Morgan fingerprint density at radius 1 is 1.18 bits per heavy atom. The lowest BCUT2D eigenvalue weighted by Crippen LogP contribution is -2.22. The van der Waals surface area contributed by atoms with E-state index >= 15 is 0 Å². The van der Waals surface area contributed by atoms with Gasteiger partial charge in [-0.25, -0.2) is 18.1 Å². The predicted molar refractivity (Wildman–Crippen MR) is 86.5 cm³/mol. The number of nitrogens with one attached hydrogen (secondary N) is 1. The molecule has 0 radical (unpaired) electrons. The first-order valence-electron chi connectivity index (χ1n) is 7.29. The number of anilines is 1. The Bertz CT molecular complexity index is 730. The lowest BCUT2D eigenvalue weighted by Gasteiger charge is -2.18. The van der Waals surface area contributed by atoms with Gasteiger partial charge in [-0.3, -0.25) is 0 Å². The van der Waals surface area contributed by atoms with E-state index in [9.17, 15) is 8.42 Å². The number of aromatic nitrogens is 1. The summed E-state index contributed by atoms with van der Waals surface area (Å²) in [6.07, 6.45) is 2.50. The Balaban J connectivity index is 1.74. The molecule has 3 rings (SSSR count). The van der Waals surface area contributed by atoms with Gasteiger partial charge in [0.2, 0.25) is 10.0 Å². The normalized spacial score (nSPS) is 18.6. The fraction of sp³-hybridized carbons (Fsp3) is 0.312. The molecule has 0 bridgehead atoms. The molecule has 2 aromatic rings. The van der Waals surface area contributed by atoms with Crippen molar-refractivity contribution in [3.05, 3.63) is 54.2 Å². The summed E-state index contributed by atoms with van der Waals surface area (Å²) in [7, 11) is -2.03. The molecule has 2 heterocycles. The highest BCUT2D eigenvalue weighted by Gasteiger charge is 2.25. The summed E-state index contributed by atoms with van der Waals surface area (Å²) in [5.74, 6) is 1.33. The number of sulfonamides is 1. The third kappa shape index (κ3) is 2.98. The molecule has 6 heteroatoms. The first-order valence-corrected chi connectivity index (χ1v) is 8.78. The lowest BCUT2D eigenvalue weighted by atomic mass is 9.99. The number of hydrogen-bond acceptors (Lipinski definition) is 4. The minimum Gasteiger partial charge on any atom is -0.356 e. The molecule has 116 valence electrons. The van der Waals surface area contributed by atoms with Crippen LogP contribution in [-0.2, 0) is 10.0 Å². The Kier molecular flexibility index (Phi) is 4.13. The number of rotatable bonds is 4. The highest BCUT2D eigenvalue weighted by Crippen LogP contribution is 2.29. The smallest absolute Gasteiger partial charge is 0.241 e. The van der Waals surface area contributed by atoms with Crippen molar-refractivity contribution in [3.63, 3.8) is 0 Å². The summed E-state index contributed by atoms with van der Waals surface area (Å²) in [4.78, 5) is 6.70. The van der Waals surface area contributed by atoms with Crippen molar-refractivity contribution >= 4 is 15.8 Å². The van der Waals surface area contributed by atoms with Crippen molar-refractivity contribution in [2.45, 2.75) is 17.2 Å². The molecule has 1 aliphatic heterocycles. The van der Waals surface area contributed by atoms with Gasteiger partial charge < -0.3 is 4.90 Å². The molecule has 1 aliphatic rings. The van der Waals surface area contributed by atoms with Gasteiger partial charge in [0.25, 0.3) is 0 Å². The zero-order valence-electron chi connectivity index (χ0n) is 12.4. The second-order valence-electron chi connectivity index (χ2n) is 5.40. The standard InChI is InChI=1S/C16H19N3O2S/c1-17-22(20,21)15-7-8-16(18-11-15)19-10-9-14(12-19)13-5-3-2-4-6-13/h2-8,11,14,17H,9-10,12H2,1H3. The van der Waals surface area contributed by atoms with E-state index in [2.05, 4.69) is 38.9 Å². The van der Waals surface area contributed by atoms with Crippen LogP contribution < -0.4 is 9.62 Å². The Hall–Kier alpha value is -1.92. The molecule has 0 aliphatic carbocycles. The van der Waals surface area contributed by atoms with Crippen LogP contribution in [0.15, 0.2) is 53.6 Å². The second kappa shape index (κ2) is 6.06. The van der Waals surface area contributed by atoms with E-state index in [1.807, 2.05) is 6.07 Å². The highest BCUT2D eigenvalue weighted by atomic mass is 32.2. The van der Waals surface area contributed by atoms with Crippen molar-refractivity contribution in [2.75, 3.05) is 25.0 Å². The molecule has 1 aromatic carbocycles. The number of hydrogen-bond donors (Lipinski definition) is 1. The zero-order valence-corrected chi connectivity index (χ0v) is 13.3. The van der Waals surface area contributed by atoms with Crippen molar-refractivity contribution in [1.82, 2.24) is 9.71 Å². The van der Waals surface area contributed by atoms with Crippen LogP contribution in [0.3, 0.4) is 0 Å². The van der Waals surface area contributed by atoms with Gasteiger partial charge in [-0.05, 0) is 31.2 Å². The van der Waals surface area contributed by atoms with E-state index in [1.165, 1.54) is 18.8 Å². The van der Waals surface area contributed by atoms with Gasteiger partial charge in [0.05, 0.1) is 0 Å². The minimum atomic E-state index is -3.42. The molecule has 0 amide bonds. The van der Waals surface area contributed by atoms with Crippen LogP contribution in [0.5, 0.6) is 0 Å². The first kappa shape index (κ1) is 15.0. The fourth-order valence-electron chi connectivity index (χ4n) is 2.80. The summed E-state index contributed by atoms with van der Waals surface area (Å²) in [5.41, 5.74) is 1.35. The average molecular weight is 317 g/mol. The molecule has 22 heavy (non-hydrogen) atoms. The van der Waals surface area contributed by atoms with E-state index in [1.54, 1.807) is 12.1 Å². The first-order chi connectivity index (χ1) is 10.6. The molecular weight excluding hydrogens is 298 g/mol. The van der Waals surface area contributed by atoms with Gasteiger partial charge in [0.15, 0.2) is 0 Å². The SMILES string of the molecule is CNS(=O)(=O)c1ccc(N2CCC(c3ccccc3)C2)nc1. The minimum absolute atomic E-state index is 0.192. The summed E-state index contributed by atoms with van der Waals surface area (Å²) >= 11 is 0. The fourth-order valence-corrected chi connectivity index (χ4v) is 3.48. The molecule has 0 saturated carbocycles. The number of pyridine rings is 1. The molecular formula is C16H19N3O2S. The topological polar surface area (TPSA) is 62.3 Å². The average Bonchev–Trinajstić information content (AvgIpc) is 3.06. The summed E-state index contributed by atoms with van der Waals surface area (Å²) in [6, 6.07) is 13.8. The highest BCUT2D eigenvalue weighted by molar-refractivity contribution is 7.89. The Morgan fingerprint density at radius 2 is 1.95 bits per heavy atom. The number of benzene rings is 1. The Morgan fingerprint density at radius 3 is 2.59 bits per heavy atom. The summed E-state index contributed by atoms with van der Waals surface area (Å²) in [5, 5.41) is 0. The van der Waals surface area contributed by atoms with Crippen LogP contribution in [0.4, 0.5) is 5.82 Å². The van der Waals surface area contributed by atoms with Crippen LogP contribution >= 0.6 is 0 Å². The van der Waals surface area contributed by atoms with Gasteiger partial charge in [0.1, 0.15) is 10.7 Å². The van der Waals surface area contributed by atoms with Crippen LogP contribution in [0.25, 0.3) is 0 Å². The summed E-state index contributed by atoms with van der Waals surface area (Å²) < 4.78 is 25.7. The molecule has 1 aromatic heterocycles. The quantitative estimate of drug-likeness (QED) is 0.937. The van der Waals surface area contributed by atoms with Crippen LogP contribution in [-0.4, -0.2) is 33.5 Å². The van der Waals surface area contributed by atoms with E-state index in [4.69, 9.17) is 0 Å². The van der Waals surface area contributed by atoms with Crippen LogP contribution in [0.2, 0.25) is 0 Å². The van der Waals surface area contributed by atoms with Gasteiger partial charge in [0, 0.05) is 25.2 Å². The van der Waals surface area contributed by atoms with Crippen molar-refractivity contribution in [3.8, 4) is 0 Å².